The number of para-hydroxylation sites is 1. The van der Waals surface area contributed by atoms with Crippen LogP contribution in [0.25, 0.3) is 16.9 Å². The van der Waals surface area contributed by atoms with E-state index in [1.807, 2.05) is 60.7 Å². The van der Waals surface area contributed by atoms with Crippen molar-refractivity contribution in [2.24, 2.45) is 0 Å². The predicted octanol–water partition coefficient (Wildman–Crippen LogP) is 1.90. The van der Waals surface area contributed by atoms with E-state index >= 15 is 0 Å². The maximum absolute atomic E-state index is 11.0. The van der Waals surface area contributed by atoms with Crippen molar-refractivity contribution in [3.05, 3.63) is 72.4 Å². The lowest BCUT2D eigenvalue weighted by Gasteiger charge is -2.07. The first kappa shape index (κ1) is 12.2. The number of nitrogens with zero attached hydrogens (tertiary/aromatic N) is 2. The topological polar surface area (TPSA) is 57.9 Å². The van der Waals surface area contributed by atoms with Crippen LogP contribution in [0, 0.1) is 0 Å². The first-order valence-electron chi connectivity index (χ1n) is 6.18. The molecule has 0 atom stereocenters. The quantitative estimate of drug-likeness (QED) is 0.725. The van der Waals surface area contributed by atoms with E-state index in [0.717, 1.165) is 16.9 Å². The second-order valence-corrected chi connectivity index (χ2v) is 4.32. The van der Waals surface area contributed by atoms with Gasteiger partial charge in [0.05, 0.1) is 17.4 Å². The van der Waals surface area contributed by atoms with E-state index in [9.17, 15) is 9.90 Å². The number of hydrogen-bond donors (Lipinski definition) is 0. The molecule has 3 aromatic rings. The SMILES string of the molecule is O=C([O-])c1cc(-c2ccccc2)n(-c2ccccc2)n1. The molecule has 0 aliphatic rings. The second kappa shape index (κ2) is 5.01. The third kappa shape index (κ3) is 2.19. The van der Waals surface area contributed by atoms with Crippen LogP contribution in [0.2, 0.25) is 0 Å². The summed E-state index contributed by atoms with van der Waals surface area (Å²) < 4.78 is 1.61. The number of carbonyl (C=O) groups excluding carboxylic acids is 1. The van der Waals surface area contributed by atoms with Crippen molar-refractivity contribution >= 4 is 5.97 Å². The fourth-order valence-electron chi connectivity index (χ4n) is 2.06. The van der Waals surface area contributed by atoms with Crippen molar-refractivity contribution in [3.63, 3.8) is 0 Å². The Balaban J connectivity index is 2.20. The number of carboxylic acids is 1. The van der Waals surface area contributed by atoms with E-state index in [-0.39, 0.29) is 5.69 Å². The highest BCUT2D eigenvalue weighted by Gasteiger charge is 2.11. The summed E-state index contributed by atoms with van der Waals surface area (Å²) in [5, 5.41) is 15.2. The number of rotatable bonds is 3. The van der Waals surface area contributed by atoms with Gasteiger partial charge in [-0.1, -0.05) is 48.5 Å². The standard InChI is InChI=1S/C16H12N2O2/c19-16(20)14-11-15(12-7-3-1-4-8-12)18(17-14)13-9-5-2-6-10-13/h1-11H,(H,19,20)/p-1. The summed E-state index contributed by atoms with van der Waals surface area (Å²) in [6, 6.07) is 20.5. The Morgan fingerprint density at radius 1 is 0.950 bits per heavy atom. The molecular formula is C16H11N2O2-. The average molecular weight is 263 g/mol. The number of carbonyl (C=O) groups is 1. The van der Waals surface area contributed by atoms with Gasteiger partial charge in [-0.05, 0) is 18.2 Å². The third-order valence-corrected chi connectivity index (χ3v) is 2.99. The molecule has 2 aromatic carbocycles. The highest BCUT2D eigenvalue weighted by atomic mass is 16.4. The Kier molecular flexibility index (Phi) is 3.05. The van der Waals surface area contributed by atoms with Gasteiger partial charge in [0.25, 0.3) is 0 Å². The molecule has 1 heterocycles. The van der Waals surface area contributed by atoms with E-state index < -0.39 is 5.97 Å². The molecule has 0 bridgehead atoms. The first-order chi connectivity index (χ1) is 9.75. The second-order valence-electron chi connectivity index (χ2n) is 4.32. The maximum atomic E-state index is 11.0. The molecule has 20 heavy (non-hydrogen) atoms. The van der Waals surface area contributed by atoms with Gasteiger partial charge in [-0.25, -0.2) is 4.68 Å². The number of aromatic nitrogens is 2. The summed E-state index contributed by atoms with van der Waals surface area (Å²) in [6.07, 6.45) is 0. The zero-order valence-electron chi connectivity index (χ0n) is 10.6. The van der Waals surface area contributed by atoms with Crippen molar-refractivity contribution < 1.29 is 9.90 Å². The van der Waals surface area contributed by atoms with Crippen LogP contribution >= 0.6 is 0 Å². The monoisotopic (exact) mass is 263 g/mol. The van der Waals surface area contributed by atoms with Crippen LogP contribution in [0.4, 0.5) is 0 Å². The Bertz CT molecular complexity index is 677. The molecule has 0 spiro atoms. The summed E-state index contributed by atoms with van der Waals surface area (Å²) in [4.78, 5) is 11.0. The Labute approximate surface area is 115 Å². The maximum Gasteiger partial charge on any atom is 0.109 e. The molecule has 0 saturated heterocycles. The van der Waals surface area contributed by atoms with Crippen LogP contribution in [-0.4, -0.2) is 15.7 Å². The molecule has 0 radical (unpaired) electrons. The van der Waals surface area contributed by atoms with Gasteiger partial charge < -0.3 is 9.90 Å². The van der Waals surface area contributed by atoms with Gasteiger partial charge >= 0.3 is 0 Å². The van der Waals surface area contributed by atoms with Crippen LogP contribution < -0.4 is 5.11 Å². The molecule has 0 amide bonds. The fraction of sp³-hybridized carbons (Fsp3) is 0. The minimum absolute atomic E-state index is 0.0762. The Hall–Kier alpha value is -2.88. The zero-order valence-corrected chi connectivity index (χ0v) is 10.6. The molecule has 1 aromatic heterocycles. The first-order valence-corrected chi connectivity index (χ1v) is 6.18. The van der Waals surface area contributed by atoms with E-state index in [1.165, 1.54) is 6.07 Å². The highest BCUT2D eigenvalue weighted by molar-refractivity contribution is 5.85. The van der Waals surface area contributed by atoms with Gasteiger partial charge in [0.15, 0.2) is 0 Å². The minimum Gasteiger partial charge on any atom is -0.543 e. The lowest BCUT2D eigenvalue weighted by atomic mass is 10.1. The van der Waals surface area contributed by atoms with E-state index in [0.29, 0.717) is 0 Å². The van der Waals surface area contributed by atoms with Gasteiger partial charge in [-0.2, -0.15) is 5.10 Å². The molecule has 0 aliphatic heterocycles. The fourth-order valence-corrected chi connectivity index (χ4v) is 2.06. The van der Waals surface area contributed by atoms with Crippen LogP contribution in [0.5, 0.6) is 0 Å². The number of aromatic carboxylic acids is 1. The van der Waals surface area contributed by atoms with Crippen molar-refractivity contribution in [3.8, 4) is 16.9 Å². The highest BCUT2D eigenvalue weighted by Crippen LogP contribution is 2.23. The lowest BCUT2D eigenvalue weighted by Crippen LogP contribution is -2.22. The largest absolute Gasteiger partial charge is 0.543 e. The van der Waals surface area contributed by atoms with E-state index in [1.54, 1.807) is 4.68 Å². The van der Waals surface area contributed by atoms with Gasteiger partial charge in [0.1, 0.15) is 5.69 Å². The van der Waals surface area contributed by atoms with Gasteiger partial charge in [-0.3, -0.25) is 0 Å². The Morgan fingerprint density at radius 2 is 1.55 bits per heavy atom. The van der Waals surface area contributed by atoms with Crippen molar-refractivity contribution in [1.29, 1.82) is 0 Å². The third-order valence-electron chi connectivity index (χ3n) is 2.99. The summed E-state index contributed by atoms with van der Waals surface area (Å²) >= 11 is 0. The molecule has 4 heteroatoms. The molecule has 3 rings (SSSR count). The molecule has 0 fully saturated rings. The molecule has 98 valence electrons. The van der Waals surface area contributed by atoms with E-state index in [2.05, 4.69) is 5.10 Å². The minimum atomic E-state index is -1.28. The van der Waals surface area contributed by atoms with E-state index in [4.69, 9.17) is 0 Å². The van der Waals surface area contributed by atoms with Crippen molar-refractivity contribution in [2.75, 3.05) is 0 Å². The molecule has 4 nitrogen and oxygen atoms in total. The lowest BCUT2D eigenvalue weighted by molar-refractivity contribution is -0.255. The number of hydrogen-bond acceptors (Lipinski definition) is 3. The van der Waals surface area contributed by atoms with Crippen molar-refractivity contribution in [1.82, 2.24) is 9.78 Å². The van der Waals surface area contributed by atoms with Crippen LogP contribution in [0.15, 0.2) is 66.7 Å². The molecule has 0 saturated carbocycles. The smallest absolute Gasteiger partial charge is 0.109 e. The summed E-state index contributed by atoms with van der Waals surface area (Å²) in [5.74, 6) is -1.28. The average Bonchev–Trinajstić information content (AvgIpc) is 2.94. The zero-order chi connectivity index (χ0) is 13.9. The number of carboxylic acid groups (broad SMARTS) is 1. The molecule has 0 N–H and O–H groups in total. The summed E-state index contributed by atoms with van der Waals surface area (Å²) in [5.41, 5.74) is 2.35. The van der Waals surface area contributed by atoms with Gasteiger partial charge in [0.2, 0.25) is 0 Å². The molecule has 0 unspecified atom stereocenters. The van der Waals surface area contributed by atoms with Crippen LogP contribution in [0.1, 0.15) is 10.5 Å². The van der Waals surface area contributed by atoms with Gasteiger partial charge in [-0.15, -0.1) is 0 Å². The van der Waals surface area contributed by atoms with Crippen molar-refractivity contribution in [2.45, 2.75) is 0 Å². The van der Waals surface area contributed by atoms with Crippen LogP contribution in [-0.2, 0) is 0 Å². The summed E-state index contributed by atoms with van der Waals surface area (Å²) in [7, 11) is 0. The number of benzene rings is 2. The predicted molar refractivity (Wildman–Crippen MR) is 73.3 cm³/mol. The molecular weight excluding hydrogens is 252 g/mol. The van der Waals surface area contributed by atoms with Gasteiger partial charge in [0, 0.05) is 5.56 Å². The Morgan fingerprint density at radius 3 is 2.15 bits per heavy atom. The van der Waals surface area contributed by atoms with Crippen LogP contribution in [0.3, 0.4) is 0 Å². The normalized spacial score (nSPS) is 10.4. The molecule has 0 aliphatic carbocycles. The summed E-state index contributed by atoms with van der Waals surface area (Å²) in [6.45, 7) is 0.